The van der Waals surface area contributed by atoms with Crippen LogP contribution in [-0.4, -0.2) is 0 Å². The SMILES string of the molecule is c1ccc(N(c2ccc(-c3cccc4ccccc34)cc2)c2cc3c(cc2-c2cccc4c2CCCC4)-c2ccccc2C3(c2ccccc2)c2ccccc2)cc1. The standard InChI is InChI=1S/C57H43N/c1-4-22-43(23-5-1)57(44-24-6-2-7-25-44)54-33-15-14-30-51(54)52-38-53(50-32-17-21-41-19-11-13-29-49(41)50)56(39-55(52)57)58(45-26-8-3-9-27-45)46-36-34-42(35-37-46)48-31-16-20-40-18-10-12-28-47(40)48/h1-10,12,14-18,20-28,30-39H,11,13,19,29H2. The van der Waals surface area contributed by atoms with Crippen LogP contribution in [0.2, 0.25) is 0 Å². The lowest BCUT2D eigenvalue weighted by Crippen LogP contribution is -2.28. The lowest BCUT2D eigenvalue weighted by Gasteiger charge is -2.36. The van der Waals surface area contributed by atoms with Gasteiger partial charge in [-0.2, -0.15) is 0 Å². The number of para-hydroxylation sites is 1. The van der Waals surface area contributed by atoms with Gasteiger partial charge in [-0.1, -0.05) is 176 Å². The number of fused-ring (bicyclic) bond motifs is 5. The number of anilines is 3. The van der Waals surface area contributed by atoms with E-state index < -0.39 is 5.41 Å². The molecule has 11 rings (SSSR count). The fraction of sp³-hybridized carbons (Fsp3) is 0.0877. The molecule has 0 fully saturated rings. The van der Waals surface area contributed by atoms with E-state index in [0.29, 0.717) is 0 Å². The molecule has 0 amide bonds. The van der Waals surface area contributed by atoms with E-state index in [4.69, 9.17) is 0 Å². The highest BCUT2D eigenvalue weighted by Gasteiger charge is 2.47. The van der Waals surface area contributed by atoms with Crippen molar-refractivity contribution >= 4 is 27.8 Å². The monoisotopic (exact) mass is 741 g/mol. The normalized spacial score (nSPS) is 13.7. The van der Waals surface area contributed by atoms with Gasteiger partial charge in [-0.05, 0) is 134 Å². The van der Waals surface area contributed by atoms with Crippen LogP contribution in [0, 0.1) is 0 Å². The molecular formula is C57H43N. The molecule has 0 heterocycles. The van der Waals surface area contributed by atoms with Gasteiger partial charge < -0.3 is 4.90 Å². The first-order valence-electron chi connectivity index (χ1n) is 20.7. The van der Waals surface area contributed by atoms with Gasteiger partial charge in [0.1, 0.15) is 0 Å². The number of rotatable bonds is 7. The minimum atomic E-state index is -0.515. The Morgan fingerprint density at radius 3 is 1.74 bits per heavy atom. The van der Waals surface area contributed by atoms with E-state index in [9.17, 15) is 0 Å². The number of aryl methyl sites for hydroxylation is 1. The number of hydrogen-bond acceptors (Lipinski definition) is 1. The highest BCUT2D eigenvalue weighted by molar-refractivity contribution is 5.99. The van der Waals surface area contributed by atoms with Crippen LogP contribution in [0.15, 0.2) is 212 Å². The summed E-state index contributed by atoms with van der Waals surface area (Å²) >= 11 is 0. The van der Waals surface area contributed by atoms with Gasteiger partial charge in [-0.15, -0.1) is 0 Å². The maximum absolute atomic E-state index is 2.55. The zero-order chi connectivity index (χ0) is 38.5. The number of nitrogens with zero attached hydrogens (tertiary/aromatic N) is 1. The Labute approximate surface area is 341 Å². The van der Waals surface area contributed by atoms with Crippen LogP contribution < -0.4 is 4.90 Å². The molecule has 2 aliphatic rings. The second kappa shape index (κ2) is 14.2. The van der Waals surface area contributed by atoms with Gasteiger partial charge in [0.15, 0.2) is 0 Å². The van der Waals surface area contributed by atoms with Crippen LogP contribution in [0.4, 0.5) is 17.1 Å². The van der Waals surface area contributed by atoms with Crippen molar-refractivity contribution in [1.82, 2.24) is 0 Å². The van der Waals surface area contributed by atoms with E-state index in [-0.39, 0.29) is 0 Å². The molecule has 0 radical (unpaired) electrons. The van der Waals surface area contributed by atoms with Gasteiger partial charge in [0.05, 0.1) is 11.1 Å². The maximum atomic E-state index is 2.55. The molecule has 0 aliphatic heterocycles. The quantitative estimate of drug-likeness (QED) is 0.157. The van der Waals surface area contributed by atoms with Crippen molar-refractivity contribution in [1.29, 1.82) is 0 Å². The third-order valence-corrected chi connectivity index (χ3v) is 12.7. The van der Waals surface area contributed by atoms with Gasteiger partial charge in [-0.25, -0.2) is 0 Å². The van der Waals surface area contributed by atoms with Crippen LogP contribution in [0.5, 0.6) is 0 Å². The zero-order valence-electron chi connectivity index (χ0n) is 32.5. The highest BCUT2D eigenvalue weighted by atomic mass is 15.1. The molecule has 0 N–H and O–H groups in total. The van der Waals surface area contributed by atoms with Crippen LogP contribution in [0.1, 0.15) is 46.2 Å². The minimum absolute atomic E-state index is 0.515. The summed E-state index contributed by atoms with van der Waals surface area (Å²) in [6.07, 6.45) is 4.70. The predicted molar refractivity (Wildman–Crippen MR) is 243 cm³/mol. The van der Waals surface area contributed by atoms with Gasteiger partial charge in [0.25, 0.3) is 0 Å². The average Bonchev–Trinajstić information content (AvgIpc) is 3.59. The molecule has 1 heteroatoms. The lowest BCUT2D eigenvalue weighted by atomic mass is 9.67. The first kappa shape index (κ1) is 34.3. The van der Waals surface area contributed by atoms with E-state index in [1.54, 1.807) is 0 Å². The first-order valence-corrected chi connectivity index (χ1v) is 20.7. The Kier molecular flexibility index (Phi) is 8.40. The van der Waals surface area contributed by atoms with Crippen molar-refractivity contribution in [2.75, 3.05) is 4.90 Å². The molecule has 0 aromatic heterocycles. The summed E-state index contributed by atoms with van der Waals surface area (Å²) in [5, 5.41) is 2.52. The highest BCUT2D eigenvalue weighted by Crippen LogP contribution is 2.59. The van der Waals surface area contributed by atoms with Gasteiger partial charge in [-0.3, -0.25) is 0 Å². The predicted octanol–water partition coefficient (Wildman–Crippen LogP) is 14.9. The smallest absolute Gasteiger partial charge is 0.0714 e. The van der Waals surface area contributed by atoms with E-state index in [1.165, 1.54) is 96.1 Å². The minimum Gasteiger partial charge on any atom is -0.310 e. The molecule has 9 aromatic rings. The Morgan fingerprint density at radius 1 is 0.379 bits per heavy atom. The Balaban J connectivity index is 1.22. The van der Waals surface area contributed by atoms with Crippen molar-refractivity contribution < 1.29 is 0 Å². The summed E-state index contributed by atoms with van der Waals surface area (Å²) < 4.78 is 0. The van der Waals surface area contributed by atoms with Crippen LogP contribution >= 0.6 is 0 Å². The third kappa shape index (κ3) is 5.45. The Bertz CT molecular complexity index is 2880. The van der Waals surface area contributed by atoms with Crippen molar-refractivity contribution in [3.63, 3.8) is 0 Å². The number of hydrogen-bond donors (Lipinski definition) is 0. The van der Waals surface area contributed by atoms with E-state index in [1.807, 2.05) is 0 Å². The molecule has 276 valence electrons. The topological polar surface area (TPSA) is 3.24 Å². The van der Waals surface area contributed by atoms with Crippen molar-refractivity contribution in [2.45, 2.75) is 31.1 Å². The Morgan fingerprint density at radius 2 is 0.966 bits per heavy atom. The molecule has 0 atom stereocenters. The van der Waals surface area contributed by atoms with Gasteiger partial charge >= 0.3 is 0 Å². The maximum Gasteiger partial charge on any atom is 0.0714 e. The molecule has 9 aromatic carbocycles. The van der Waals surface area contributed by atoms with E-state index >= 15 is 0 Å². The van der Waals surface area contributed by atoms with Gasteiger partial charge in [0, 0.05) is 16.9 Å². The van der Waals surface area contributed by atoms with Gasteiger partial charge in [0.2, 0.25) is 0 Å². The van der Waals surface area contributed by atoms with Crippen LogP contribution in [0.25, 0.3) is 44.2 Å². The van der Waals surface area contributed by atoms with Crippen molar-refractivity contribution in [3.8, 4) is 33.4 Å². The van der Waals surface area contributed by atoms with E-state index in [0.717, 1.165) is 24.2 Å². The largest absolute Gasteiger partial charge is 0.310 e. The summed E-state index contributed by atoms with van der Waals surface area (Å²) in [6.45, 7) is 0. The number of benzene rings is 9. The molecule has 58 heavy (non-hydrogen) atoms. The second-order valence-electron chi connectivity index (χ2n) is 15.8. The van der Waals surface area contributed by atoms with E-state index in [2.05, 4.69) is 217 Å². The molecule has 0 unspecified atom stereocenters. The molecule has 0 bridgehead atoms. The third-order valence-electron chi connectivity index (χ3n) is 12.7. The fourth-order valence-corrected chi connectivity index (χ4v) is 10.2. The molecule has 0 saturated heterocycles. The van der Waals surface area contributed by atoms with Crippen molar-refractivity contribution in [3.05, 3.63) is 246 Å². The summed E-state index contributed by atoms with van der Waals surface area (Å²) in [5.74, 6) is 0. The second-order valence-corrected chi connectivity index (χ2v) is 15.8. The van der Waals surface area contributed by atoms with Crippen LogP contribution in [0.3, 0.4) is 0 Å². The average molecular weight is 742 g/mol. The summed E-state index contributed by atoms with van der Waals surface area (Å²) in [5.41, 5.74) is 18.8. The zero-order valence-corrected chi connectivity index (χ0v) is 32.5. The molecule has 0 saturated carbocycles. The lowest BCUT2D eigenvalue weighted by molar-refractivity contribution is 0.687. The molecular weight excluding hydrogens is 699 g/mol. The summed E-state index contributed by atoms with van der Waals surface area (Å²) in [7, 11) is 0. The first-order chi connectivity index (χ1) is 28.8. The van der Waals surface area contributed by atoms with Crippen LogP contribution in [-0.2, 0) is 18.3 Å². The fourth-order valence-electron chi connectivity index (χ4n) is 10.2. The Hall–Kier alpha value is -6.96. The summed E-state index contributed by atoms with van der Waals surface area (Å²) in [4.78, 5) is 2.51. The molecule has 1 nitrogen and oxygen atoms in total. The molecule has 2 aliphatic carbocycles. The van der Waals surface area contributed by atoms with Crippen molar-refractivity contribution in [2.24, 2.45) is 0 Å². The molecule has 0 spiro atoms. The summed E-state index contributed by atoms with van der Waals surface area (Å²) in [6, 6.07) is 79.1.